The molecule has 0 saturated carbocycles. The van der Waals surface area contributed by atoms with Gasteiger partial charge in [0.2, 0.25) is 12.6 Å². The summed E-state index contributed by atoms with van der Waals surface area (Å²) < 4.78 is 4.91. The maximum Gasteiger partial charge on any atom is 0.353 e. The molecule has 0 radical (unpaired) electrons. The Morgan fingerprint density at radius 1 is 1.24 bits per heavy atom. The summed E-state index contributed by atoms with van der Waals surface area (Å²) in [5.74, 6) is -0.732. The van der Waals surface area contributed by atoms with Gasteiger partial charge in [-0.1, -0.05) is 41.4 Å². The summed E-state index contributed by atoms with van der Waals surface area (Å²) >= 11 is 11.5. The van der Waals surface area contributed by atoms with Gasteiger partial charge < -0.3 is 4.74 Å². The Morgan fingerprint density at radius 2 is 1.88 bits per heavy atom. The maximum absolute atomic E-state index is 11.2. The van der Waals surface area contributed by atoms with Crippen LogP contribution in [-0.4, -0.2) is 18.6 Å². The number of ether oxygens (including phenoxy) is 1. The first-order valence-electron chi connectivity index (χ1n) is 4.70. The smallest absolute Gasteiger partial charge is 0.353 e. The molecule has 0 aromatic heterocycles. The van der Waals surface area contributed by atoms with Gasteiger partial charge in [0, 0.05) is 5.69 Å². The number of carbonyl (C=O) groups excluding carboxylic acids is 2. The largest absolute Gasteiger partial charge is 0.431 e. The van der Waals surface area contributed by atoms with Gasteiger partial charge in [-0.15, -0.1) is 0 Å². The van der Waals surface area contributed by atoms with E-state index in [4.69, 9.17) is 27.9 Å². The van der Waals surface area contributed by atoms with Crippen LogP contribution >= 0.6 is 23.2 Å². The quantitative estimate of drug-likeness (QED) is 0.626. The summed E-state index contributed by atoms with van der Waals surface area (Å²) in [6.07, 6.45) is -0.456. The second-order valence-electron chi connectivity index (χ2n) is 3.27. The summed E-state index contributed by atoms with van der Waals surface area (Å²) in [6, 6.07) is 8.69. The molecular weight excluding hydrogens is 265 g/mol. The highest BCUT2D eigenvalue weighted by Crippen LogP contribution is 2.32. The fourth-order valence-electron chi connectivity index (χ4n) is 1.44. The Kier molecular flexibility index (Phi) is 3.36. The van der Waals surface area contributed by atoms with Gasteiger partial charge >= 0.3 is 5.97 Å². The van der Waals surface area contributed by atoms with E-state index in [9.17, 15) is 9.59 Å². The van der Waals surface area contributed by atoms with Crippen LogP contribution in [0.15, 0.2) is 40.4 Å². The number of anilines is 1. The Hall–Kier alpha value is -1.52. The number of esters is 1. The van der Waals surface area contributed by atoms with Crippen molar-refractivity contribution >= 4 is 41.3 Å². The zero-order valence-corrected chi connectivity index (χ0v) is 9.98. The fraction of sp³-hybridized carbons (Fsp3) is 0.0909. The molecule has 0 N–H and O–H groups in total. The molecule has 1 aliphatic rings. The summed E-state index contributed by atoms with van der Waals surface area (Å²) in [5, 5.41) is -0.188. The predicted molar refractivity (Wildman–Crippen MR) is 63.6 cm³/mol. The molecular formula is C11H7Cl2NO3. The lowest BCUT2D eigenvalue weighted by Crippen LogP contribution is -2.35. The van der Waals surface area contributed by atoms with Gasteiger partial charge in [0.15, 0.2) is 0 Å². The van der Waals surface area contributed by atoms with Crippen LogP contribution in [0.3, 0.4) is 0 Å². The highest BCUT2D eigenvalue weighted by molar-refractivity contribution is 6.48. The molecule has 1 amide bonds. The molecule has 1 aromatic carbocycles. The number of hydrogen-bond acceptors (Lipinski definition) is 3. The van der Waals surface area contributed by atoms with E-state index >= 15 is 0 Å². The Morgan fingerprint density at radius 3 is 2.35 bits per heavy atom. The summed E-state index contributed by atoms with van der Waals surface area (Å²) in [5.41, 5.74) is 0.560. The van der Waals surface area contributed by atoms with Crippen molar-refractivity contribution in [2.75, 3.05) is 4.90 Å². The minimum Gasteiger partial charge on any atom is -0.431 e. The van der Waals surface area contributed by atoms with E-state index in [1.807, 2.05) is 0 Å². The van der Waals surface area contributed by atoms with Crippen LogP contribution < -0.4 is 4.90 Å². The molecule has 2 rings (SSSR count). The first-order valence-corrected chi connectivity index (χ1v) is 5.45. The number of cyclic esters (lactones) is 1. The minimum atomic E-state index is -0.989. The topological polar surface area (TPSA) is 46.6 Å². The van der Waals surface area contributed by atoms with Crippen LogP contribution in [0.1, 0.15) is 0 Å². The normalized spacial score (nSPS) is 19.2. The first kappa shape index (κ1) is 12.0. The molecule has 4 nitrogen and oxygen atoms in total. The van der Waals surface area contributed by atoms with E-state index in [2.05, 4.69) is 0 Å². The molecule has 1 heterocycles. The number of nitrogens with zero attached hydrogens (tertiary/aromatic N) is 1. The van der Waals surface area contributed by atoms with Crippen molar-refractivity contribution in [2.45, 2.75) is 6.23 Å². The second kappa shape index (κ2) is 4.77. The van der Waals surface area contributed by atoms with Crippen LogP contribution in [0, 0.1) is 0 Å². The maximum atomic E-state index is 11.2. The lowest BCUT2D eigenvalue weighted by Gasteiger charge is -2.23. The van der Waals surface area contributed by atoms with Gasteiger partial charge in [-0.2, -0.15) is 0 Å². The third-order valence-corrected chi connectivity index (χ3v) is 3.08. The molecule has 0 saturated heterocycles. The molecule has 1 aromatic rings. The molecule has 0 bridgehead atoms. The molecule has 1 atom stereocenters. The number of benzene rings is 1. The molecule has 1 unspecified atom stereocenters. The number of halogens is 2. The number of para-hydroxylation sites is 1. The Bertz CT molecular complexity index is 487. The first-order chi connectivity index (χ1) is 8.15. The lowest BCUT2D eigenvalue weighted by molar-refractivity contribution is -0.139. The van der Waals surface area contributed by atoms with Crippen LogP contribution in [-0.2, 0) is 14.3 Å². The molecule has 1 aliphatic heterocycles. The van der Waals surface area contributed by atoms with Crippen molar-refractivity contribution in [3.05, 3.63) is 40.4 Å². The van der Waals surface area contributed by atoms with E-state index in [-0.39, 0.29) is 10.1 Å². The number of hydrogen-bond donors (Lipinski definition) is 0. The van der Waals surface area contributed by atoms with Crippen LogP contribution in [0.25, 0.3) is 0 Å². The second-order valence-corrected chi connectivity index (χ2v) is 4.05. The van der Waals surface area contributed by atoms with Gasteiger partial charge in [0.05, 0.1) is 0 Å². The average Bonchev–Trinajstić information content (AvgIpc) is 2.60. The van der Waals surface area contributed by atoms with Gasteiger partial charge in [0.1, 0.15) is 10.1 Å². The van der Waals surface area contributed by atoms with Crippen LogP contribution in [0.4, 0.5) is 5.69 Å². The summed E-state index contributed by atoms with van der Waals surface area (Å²) in [6.45, 7) is 0. The van der Waals surface area contributed by atoms with Crippen molar-refractivity contribution in [3.8, 4) is 0 Å². The van der Waals surface area contributed by atoms with Crippen molar-refractivity contribution in [1.82, 2.24) is 0 Å². The highest BCUT2D eigenvalue weighted by atomic mass is 35.5. The zero-order valence-electron chi connectivity index (χ0n) is 8.47. The van der Waals surface area contributed by atoms with E-state index < -0.39 is 12.2 Å². The third kappa shape index (κ3) is 2.14. The van der Waals surface area contributed by atoms with E-state index in [0.29, 0.717) is 12.1 Å². The molecule has 0 spiro atoms. The molecule has 0 aliphatic carbocycles. The highest BCUT2D eigenvalue weighted by Gasteiger charge is 2.36. The van der Waals surface area contributed by atoms with Crippen molar-refractivity contribution in [3.63, 3.8) is 0 Å². The summed E-state index contributed by atoms with van der Waals surface area (Å²) in [7, 11) is 0. The lowest BCUT2D eigenvalue weighted by atomic mass is 10.3. The monoisotopic (exact) mass is 271 g/mol. The van der Waals surface area contributed by atoms with Crippen molar-refractivity contribution in [2.24, 2.45) is 0 Å². The molecule has 88 valence electrons. The molecule has 6 heteroatoms. The van der Waals surface area contributed by atoms with E-state index in [0.717, 1.165) is 0 Å². The fourth-order valence-corrected chi connectivity index (χ4v) is 1.81. The standard InChI is InChI=1S/C11H7Cl2NO3/c12-8-9(13)11(16)17-10(8)14(6-15)7-4-2-1-3-5-7/h1-6,10H. The number of amides is 1. The van der Waals surface area contributed by atoms with E-state index in [1.165, 1.54) is 4.90 Å². The van der Waals surface area contributed by atoms with Gasteiger partial charge in [-0.25, -0.2) is 4.79 Å². The predicted octanol–water partition coefficient (Wildman–Crippen LogP) is 2.22. The summed E-state index contributed by atoms with van der Waals surface area (Å²) in [4.78, 5) is 23.5. The van der Waals surface area contributed by atoms with E-state index in [1.54, 1.807) is 30.3 Å². The minimum absolute atomic E-state index is 0.00706. The number of rotatable bonds is 3. The van der Waals surface area contributed by atoms with Crippen molar-refractivity contribution < 1.29 is 14.3 Å². The van der Waals surface area contributed by atoms with Gasteiger partial charge in [-0.05, 0) is 12.1 Å². The van der Waals surface area contributed by atoms with Crippen LogP contribution in [0.2, 0.25) is 0 Å². The number of carbonyl (C=O) groups is 2. The Balaban J connectivity index is 2.34. The Labute approximate surface area is 107 Å². The zero-order chi connectivity index (χ0) is 12.4. The molecule has 17 heavy (non-hydrogen) atoms. The average molecular weight is 272 g/mol. The van der Waals surface area contributed by atoms with Crippen LogP contribution in [0.5, 0.6) is 0 Å². The van der Waals surface area contributed by atoms with Crippen molar-refractivity contribution in [1.29, 1.82) is 0 Å². The third-order valence-electron chi connectivity index (χ3n) is 2.24. The van der Waals surface area contributed by atoms with Gasteiger partial charge in [-0.3, -0.25) is 9.69 Å². The van der Waals surface area contributed by atoms with Gasteiger partial charge in [0.25, 0.3) is 0 Å². The molecule has 0 fully saturated rings. The SMILES string of the molecule is O=CN(c1ccccc1)C1OC(=O)C(Cl)=C1Cl.